The van der Waals surface area contributed by atoms with Gasteiger partial charge in [0.05, 0.1) is 328 Å². The summed E-state index contributed by atoms with van der Waals surface area (Å²) in [6.07, 6.45) is 2.78. The molecule has 37 nitrogen and oxygen atoms in total. The van der Waals surface area contributed by atoms with Gasteiger partial charge in [0, 0.05) is 99.8 Å². The fourth-order valence-electron chi connectivity index (χ4n) is 14.1. The molecule has 762 valence electrons. The normalized spacial score (nSPS) is 14.7. The molecule has 2 aromatic carbocycles. The average Bonchev–Trinajstić information content (AvgIpc) is 0.988. The number of hydroxylamine groups is 2. The number of allylic oxidation sites excluding steroid dienone is 1. The van der Waals surface area contributed by atoms with Gasteiger partial charge in [-0.15, -0.1) is 5.06 Å². The molecule has 1 fully saturated rings. The van der Waals surface area contributed by atoms with Gasteiger partial charge in [0.2, 0.25) is 11.3 Å². The number of fused-ring (bicyclic) bond motifs is 4. The van der Waals surface area contributed by atoms with Crippen LogP contribution in [0.5, 0.6) is 11.5 Å². The van der Waals surface area contributed by atoms with Crippen molar-refractivity contribution in [2.45, 2.75) is 123 Å². The SMILES string of the molecule is CCC1=CC(C)(C)[N+](CCCCCC(=O)ON2C(=O)CCC2=O)=c2cc3c(cc21)=C(C(F)(F)F)c1cc2c(cc1O3)N(CCCCCC(=O)NCCOCCOCCOCCOCCOCCOCCOCCOCCOCCOCCOCCOCCOCCOCCOCCOCCOCCOCCOCCOCCOCCOCCOCCOC)C(C)(C)C=C2CS(=O)(=O)O. The zero-order valence-corrected chi connectivity index (χ0v) is 80.0. The van der Waals surface area contributed by atoms with E-state index in [0.717, 1.165) is 5.57 Å². The van der Waals surface area contributed by atoms with Crippen LogP contribution in [0.1, 0.15) is 122 Å². The molecule has 0 spiro atoms. The van der Waals surface area contributed by atoms with E-state index < -0.39 is 56.5 Å². The second kappa shape index (κ2) is 70.6. The smallest absolute Gasteiger partial charge is 0.417 e. The first-order valence-electron chi connectivity index (χ1n) is 46.6. The maximum Gasteiger partial charge on any atom is 0.417 e. The number of halogens is 3. The molecule has 4 heterocycles. The Kier molecular flexibility index (Phi) is 61.4. The average molecular weight is 1930 g/mol. The van der Waals surface area contributed by atoms with E-state index in [-0.39, 0.29) is 71.6 Å². The minimum absolute atomic E-state index is 0.0128. The number of hydrogen-bond donors (Lipinski definition) is 2. The van der Waals surface area contributed by atoms with Crippen LogP contribution < -0.4 is 30.1 Å². The second-order valence-electron chi connectivity index (χ2n) is 31.8. The van der Waals surface area contributed by atoms with Gasteiger partial charge in [-0.1, -0.05) is 19.4 Å². The number of amides is 3. The molecule has 2 N–H and O–H groups in total. The van der Waals surface area contributed by atoms with Crippen LogP contribution in [0.4, 0.5) is 18.9 Å². The molecule has 0 aliphatic carbocycles. The summed E-state index contributed by atoms with van der Waals surface area (Å²) in [5.41, 5.74) is -0.508. The molecule has 0 saturated carbocycles. The van der Waals surface area contributed by atoms with Gasteiger partial charge in [-0.25, -0.2) is 9.37 Å². The van der Waals surface area contributed by atoms with E-state index >= 15 is 13.2 Å². The molecule has 0 bridgehead atoms. The summed E-state index contributed by atoms with van der Waals surface area (Å²) in [5, 5.41) is 3.88. The highest BCUT2D eigenvalue weighted by molar-refractivity contribution is 7.86. The van der Waals surface area contributed by atoms with Crippen molar-refractivity contribution >= 4 is 56.2 Å². The van der Waals surface area contributed by atoms with Gasteiger partial charge in [0.15, 0.2) is 5.54 Å². The standard InChI is InChI=1S/C92H149F3N4O33S/c1-7-75-72-90(2,3)97(20-13-9-11-15-88(103)132-99-86(101)16-17-87(99)102)81-70-83-79(68-77(75)81)89(92(93,94)95)80-69-78-76(74-133(104,105)106)73-91(4,5)98(82(78)71-84(80)131-83)19-12-8-10-14-85(100)96-18-21-108-24-25-110-28-29-112-32-33-114-36-37-116-40-41-118-44-45-120-48-49-122-52-53-124-56-57-126-60-61-128-64-65-130-67-66-129-63-62-127-59-58-125-55-54-123-51-50-121-47-46-119-43-42-117-39-38-115-35-34-113-31-30-111-27-26-109-23-22-107-6/h68-73H,7-67,74H2,1-6H3,(H-,96,100,104,105,106)/p+1. The summed E-state index contributed by atoms with van der Waals surface area (Å²) in [5.74, 6) is -2.90. The molecule has 2 aromatic rings. The van der Waals surface area contributed by atoms with Gasteiger partial charge >= 0.3 is 12.1 Å². The zero-order chi connectivity index (χ0) is 95.6. The summed E-state index contributed by atoms with van der Waals surface area (Å²) in [4.78, 5) is 56.3. The molecule has 4 aliphatic heterocycles. The zero-order valence-electron chi connectivity index (χ0n) is 79.2. The van der Waals surface area contributed by atoms with Gasteiger partial charge < -0.3 is 133 Å². The van der Waals surface area contributed by atoms with Crippen LogP contribution in [0.25, 0.3) is 16.7 Å². The van der Waals surface area contributed by atoms with Gasteiger partial charge in [0.25, 0.3) is 21.9 Å². The highest BCUT2D eigenvalue weighted by atomic mass is 32.2. The molecule has 0 atom stereocenters. The number of imide groups is 1. The number of nitrogens with zero attached hydrogens (tertiary/aromatic N) is 3. The Morgan fingerprint density at radius 2 is 0.789 bits per heavy atom. The lowest BCUT2D eigenvalue weighted by Crippen LogP contribution is -2.50. The third-order valence-corrected chi connectivity index (χ3v) is 21.3. The number of ether oxygens (including phenoxy) is 25. The van der Waals surface area contributed by atoms with Crippen molar-refractivity contribution in [1.82, 2.24) is 15.0 Å². The van der Waals surface area contributed by atoms with Crippen molar-refractivity contribution in [1.29, 1.82) is 0 Å². The number of anilines is 1. The number of nitrogens with one attached hydrogen (secondary N) is 1. The number of hydrogen-bond acceptors (Lipinski definition) is 33. The van der Waals surface area contributed by atoms with Crippen LogP contribution >= 0.6 is 0 Å². The van der Waals surface area contributed by atoms with Crippen LogP contribution in [0.15, 0.2) is 36.4 Å². The second-order valence-corrected chi connectivity index (χ2v) is 33.3. The van der Waals surface area contributed by atoms with Gasteiger partial charge in [-0.3, -0.25) is 18.9 Å². The van der Waals surface area contributed by atoms with Crippen molar-refractivity contribution in [2.24, 2.45) is 0 Å². The van der Waals surface area contributed by atoms with E-state index in [0.29, 0.717) is 390 Å². The summed E-state index contributed by atoms with van der Waals surface area (Å²) in [7, 11) is -3.01. The Morgan fingerprint density at radius 1 is 0.436 bits per heavy atom. The fraction of sp³-hybridized carbons (Fsp3) is 0.772. The Hall–Kier alpha value is -5.99. The molecule has 3 amide bonds. The number of carbonyl (C=O) groups is 4. The van der Waals surface area contributed by atoms with Crippen molar-refractivity contribution in [3.05, 3.63) is 63.7 Å². The van der Waals surface area contributed by atoms with E-state index in [1.165, 1.54) is 18.2 Å². The first-order chi connectivity index (χ1) is 64.5. The Bertz CT molecular complexity index is 3830. The number of rotatable bonds is 88. The quantitative estimate of drug-likeness (QED) is 0.0314. The van der Waals surface area contributed by atoms with E-state index in [1.807, 2.05) is 45.6 Å². The number of carbonyl (C=O) groups excluding carboxylic acids is 4. The van der Waals surface area contributed by atoms with Crippen LogP contribution in [0.2, 0.25) is 0 Å². The van der Waals surface area contributed by atoms with Crippen molar-refractivity contribution in [3.63, 3.8) is 0 Å². The summed E-state index contributed by atoms with van der Waals surface area (Å²) >= 11 is 0. The minimum atomic E-state index is -4.91. The lowest BCUT2D eigenvalue weighted by molar-refractivity contribution is -0.197. The summed E-state index contributed by atoms with van der Waals surface area (Å²) in [6.45, 7) is 32.3. The highest BCUT2D eigenvalue weighted by Crippen LogP contribution is 2.49. The lowest BCUT2D eigenvalue weighted by atomic mass is 9.85. The summed E-state index contributed by atoms with van der Waals surface area (Å²) in [6, 6.07) is 6.00. The van der Waals surface area contributed by atoms with Crippen LogP contribution in [0.3, 0.4) is 0 Å². The number of alkyl halides is 3. The van der Waals surface area contributed by atoms with Gasteiger partial charge in [0.1, 0.15) is 23.8 Å². The van der Waals surface area contributed by atoms with E-state index in [1.54, 1.807) is 19.3 Å². The predicted molar refractivity (Wildman–Crippen MR) is 483 cm³/mol. The molecular formula is C92H150F3N4O33S+. The molecule has 6 rings (SSSR count). The Balaban J connectivity index is 0.646. The van der Waals surface area contributed by atoms with Crippen molar-refractivity contribution < 1.29 is 169 Å². The minimum Gasteiger partial charge on any atom is -0.456 e. The molecule has 41 heteroatoms. The van der Waals surface area contributed by atoms with Crippen molar-refractivity contribution in [2.75, 3.05) is 348 Å². The lowest BCUT2D eigenvalue weighted by Gasteiger charge is -2.44. The first kappa shape index (κ1) is 116. The van der Waals surface area contributed by atoms with Gasteiger partial charge in [-0.2, -0.15) is 21.6 Å². The Labute approximate surface area is 781 Å². The maximum atomic E-state index is 15.8. The van der Waals surface area contributed by atoms with E-state index in [2.05, 4.69) is 9.89 Å². The molecule has 4 aliphatic rings. The summed E-state index contributed by atoms with van der Waals surface area (Å²) < 4.78 is 223. The molecule has 0 radical (unpaired) electrons. The van der Waals surface area contributed by atoms with Crippen LogP contribution in [-0.2, 0) is 148 Å². The predicted octanol–water partition coefficient (Wildman–Crippen LogP) is 6.37. The van der Waals surface area contributed by atoms with Crippen LogP contribution in [0, 0.1) is 0 Å². The number of benzene rings is 2. The molecule has 1 saturated heterocycles. The highest BCUT2D eigenvalue weighted by Gasteiger charge is 2.44. The van der Waals surface area contributed by atoms with Crippen LogP contribution in [-0.4, -0.2) is 402 Å². The number of methoxy groups -OCH3 is 1. The Morgan fingerprint density at radius 3 is 1.14 bits per heavy atom. The van der Waals surface area contributed by atoms with Gasteiger partial charge in [-0.05, 0) is 75.3 Å². The molecule has 133 heavy (non-hydrogen) atoms. The number of unbranched alkanes of at least 4 members (excludes halogenated alkanes) is 4. The molecular weight excluding hydrogens is 1780 g/mol. The molecule has 0 aromatic heterocycles. The largest absolute Gasteiger partial charge is 0.456 e. The topological polar surface area (TPSA) is 384 Å². The maximum absolute atomic E-state index is 15.8. The third kappa shape index (κ3) is 50.4. The first-order valence-corrected chi connectivity index (χ1v) is 48.2. The monoisotopic (exact) mass is 1930 g/mol. The van der Waals surface area contributed by atoms with E-state index in [9.17, 15) is 32.1 Å². The fourth-order valence-corrected chi connectivity index (χ4v) is 14.8. The van der Waals surface area contributed by atoms with Crippen molar-refractivity contribution in [3.8, 4) is 11.5 Å². The van der Waals surface area contributed by atoms with E-state index in [4.69, 9.17) is 123 Å². The molecule has 0 unspecified atom stereocenters. The third-order valence-electron chi connectivity index (χ3n) is 20.6.